The third-order valence-electron chi connectivity index (χ3n) is 6.72. The maximum atomic E-state index is 13.3. The number of hydrogen-bond donors (Lipinski definition) is 0. The van der Waals surface area contributed by atoms with Crippen LogP contribution in [0.25, 0.3) is 11.1 Å². The van der Waals surface area contributed by atoms with Crippen molar-refractivity contribution in [2.75, 3.05) is 6.61 Å². The number of nitrogens with zero attached hydrogens (tertiary/aromatic N) is 2. The normalized spacial score (nSPS) is 21.7. The van der Waals surface area contributed by atoms with Crippen LogP contribution < -0.4 is 0 Å². The molecule has 1 aromatic heterocycles. The summed E-state index contributed by atoms with van der Waals surface area (Å²) in [6.45, 7) is 0.377. The summed E-state index contributed by atoms with van der Waals surface area (Å²) >= 11 is 5.19. The van der Waals surface area contributed by atoms with Crippen molar-refractivity contribution >= 4 is 33.4 Å². The smallest absolute Gasteiger partial charge is 0.410 e. The summed E-state index contributed by atoms with van der Waals surface area (Å²) in [5, 5.41) is 0. The summed E-state index contributed by atoms with van der Waals surface area (Å²) in [5.41, 5.74) is 6.16. The van der Waals surface area contributed by atoms with Crippen molar-refractivity contribution in [3.05, 3.63) is 74.1 Å². The molecule has 2 aromatic carbocycles. The molecule has 3 aromatic rings. The highest BCUT2D eigenvalue weighted by Gasteiger charge is 2.43. The van der Waals surface area contributed by atoms with Crippen LogP contribution in [0.4, 0.5) is 4.79 Å². The Balaban J connectivity index is 1.26. The molecule has 1 fully saturated rings. The van der Waals surface area contributed by atoms with Gasteiger partial charge in [-0.1, -0.05) is 48.5 Å². The van der Waals surface area contributed by atoms with Crippen LogP contribution in [0.2, 0.25) is 0 Å². The molecule has 6 heteroatoms. The lowest BCUT2D eigenvalue weighted by molar-refractivity contribution is 0.0381. The predicted octanol–water partition coefficient (Wildman–Crippen LogP) is 6.31. The summed E-state index contributed by atoms with van der Waals surface area (Å²) in [5.74, 6) is 0.0964. The SMILES string of the molecule is O=C(OCC1c2ccccc2-c2ccccc21)N1C2CCCC1c1sc(Br)nc1C2. The summed E-state index contributed by atoms with van der Waals surface area (Å²) in [6, 6.07) is 17.2. The highest BCUT2D eigenvalue weighted by Crippen LogP contribution is 2.47. The monoisotopic (exact) mass is 480 g/mol. The van der Waals surface area contributed by atoms with Gasteiger partial charge in [0.2, 0.25) is 0 Å². The van der Waals surface area contributed by atoms with Gasteiger partial charge in [0.25, 0.3) is 0 Å². The topological polar surface area (TPSA) is 42.4 Å². The maximum absolute atomic E-state index is 13.3. The Labute approximate surface area is 188 Å². The molecule has 2 aliphatic heterocycles. The van der Waals surface area contributed by atoms with Crippen LogP contribution >= 0.6 is 27.3 Å². The van der Waals surface area contributed by atoms with Gasteiger partial charge in [-0.2, -0.15) is 0 Å². The van der Waals surface area contributed by atoms with E-state index in [1.807, 2.05) is 4.90 Å². The lowest BCUT2D eigenvalue weighted by Gasteiger charge is -2.44. The zero-order valence-corrected chi connectivity index (χ0v) is 18.8. The molecule has 2 unspecified atom stereocenters. The Kier molecular flexibility index (Phi) is 4.46. The average Bonchev–Trinajstić information content (AvgIpc) is 3.29. The number of rotatable bonds is 2. The van der Waals surface area contributed by atoms with E-state index in [1.165, 1.54) is 27.1 Å². The zero-order valence-electron chi connectivity index (χ0n) is 16.4. The number of carbonyl (C=O) groups excluding carboxylic acids is 1. The number of thiazole rings is 1. The van der Waals surface area contributed by atoms with Gasteiger partial charge in [-0.3, -0.25) is 4.90 Å². The van der Waals surface area contributed by atoms with E-state index in [0.29, 0.717) is 6.61 Å². The molecular weight excluding hydrogens is 460 g/mol. The van der Waals surface area contributed by atoms with Gasteiger partial charge in [-0.15, -0.1) is 11.3 Å². The van der Waals surface area contributed by atoms with Gasteiger partial charge in [-0.05, 0) is 57.4 Å². The first kappa shape index (κ1) is 18.6. The van der Waals surface area contributed by atoms with E-state index >= 15 is 0 Å². The molecule has 0 saturated carbocycles. The Morgan fingerprint density at radius 2 is 1.80 bits per heavy atom. The number of fused-ring (bicyclic) bond motifs is 7. The Morgan fingerprint density at radius 1 is 1.10 bits per heavy atom. The third kappa shape index (κ3) is 2.84. The summed E-state index contributed by atoms with van der Waals surface area (Å²) < 4.78 is 6.91. The van der Waals surface area contributed by atoms with Gasteiger partial charge in [-0.25, -0.2) is 9.78 Å². The number of amides is 1. The van der Waals surface area contributed by atoms with E-state index in [2.05, 4.69) is 69.4 Å². The first-order chi connectivity index (χ1) is 14.7. The summed E-state index contributed by atoms with van der Waals surface area (Å²) in [7, 11) is 0. The molecule has 152 valence electrons. The minimum Gasteiger partial charge on any atom is -0.448 e. The minimum absolute atomic E-state index is 0.0964. The van der Waals surface area contributed by atoms with Crippen molar-refractivity contribution in [3.8, 4) is 11.1 Å². The van der Waals surface area contributed by atoms with Gasteiger partial charge >= 0.3 is 6.09 Å². The van der Waals surface area contributed by atoms with E-state index in [1.54, 1.807) is 11.3 Å². The first-order valence-corrected chi connectivity index (χ1v) is 12.1. The lowest BCUT2D eigenvalue weighted by atomic mass is 9.86. The highest BCUT2D eigenvalue weighted by atomic mass is 79.9. The number of halogens is 1. The summed E-state index contributed by atoms with van der Waals surface area (Å²) in [6.07, 6.45) is 3.81. The zero-order chi connectivity index (χ0) is 20.2. The fourth-order valence-electron chi connectivity index (χ4n) is 5.45. The molecule has 2 bridgehead atoms. The highest BCUT2D eigenvalue weighted by molar-refractivity contribution is 9.11. The van der Waals surface area contributed by atoms with Crippen LogP contribution in [-0.4, -0.2) is 28.6 Å². The van der Waals surface area contributed by atoms with Crippen LogP contribution in [0.5, 0.6) is 0 Å². The van der Waals surface area contributed by atoms with Crippen LogP contribution in [-0.2, 0) is 11.2 Å². The van der Waals surface area contributed by atoms with Crippen molar-refractivity contribution in [1.29, 1.82) is 0 Å². The fourth-order valence-corrected chi connectivity index (χ4v) is 7.13. The van der Waals surface area contributed by atoms with Crippen molar-refractivity contribution < 1.29 is 9.53 Å². The van der Waals surface area contributed by atoms with E-state index in [0.717, 1.165) is 35.3 Å². The molecule has 6 rings (SSSR count). The number of carbonyl (C=O) groups is 1. The molecular formula is C24H21BrN2O2S. The van der Waals surface area contributed by atoms with Gasteiger partial charge in [0.1, 0.15) is 6.61 Å². The largest absolute Gasteiger partial charge is 0.448 e. The molecule has 3 aliphatic rings. The van der Waals surface area contributed by atoms with Crippen LogP contribution in [0.3, 0.4) is 0 Å². The lowest BCUT2D eigenvalue weighted by Crippen LogP contribution is -2.49. The molecule has 30 heavy (non-hydrogen) atoms. The Morgan fingerprint density at radius 3 is 2.53 bits per heavy atom. The van der Waals surface area contributed by atoms with Gasteiger partial charge in [0.05, 0.1) is 16.6 Å². The number of piperidine rings is 1. The van der Waals surface area contributed by atoms with Crippen molar-refractivity contribution in [1.82, 2.24) is 9.88 Å². The van der Waals surface area contributed by atoms with Crippen LogP contribution in [0.1, 0.15) is 52.9 Å². The van der Waals surface area contributed by atoms with Gasteiger partial charge < -0.3 is 4.74 Å². The molecule has 1 saturated heterocycles. The fraction of sp³-hybridized carbons (Fsp3) is 0.333. The number of aromatic nitrogens is 1. The second-order valence-electron chi connectivity index (χ2n) is 8.29. The Hall–Kier alpha value is -2.18. The molecule has 1 amide bonds. The molecule has 0 N–H and O–H groups in total. The molecule has 0 spiro atoms. The second-order valence-corrected chi connectivity index (χ2v) is 10.6. The second kappa shape index (κ2) is 7.20. The van der Waals surface area contributed by atoms with Gasteiger partial charge in [0.15, 0.2) is 3.92 Å². The molecule has 3 heterocycles. The van der Waals surface area contributed by atoms with E-state index in [-0.39, 0.29) is 24.1 Å². The molecule has 0 radical (unpaired) electrons. The van der Waals surface area contributed by atoms with E-state index in [4.69, 9.17) is 4.74 Å². The van der Waals surface area contributed by atoms with E-state index in [9.17, 15) is 4.79 Å². The predicted molar refractivity (Wildman–Crippen MR) is 121 cm³/mol. The van der Waals surface area contributed by atoms with Crippen LogP contribution in [0.15, 0.2) is 52.4 Å². The first-order valence-electron chi connectivity index (χ1n) is 10.5. The van der Waals surface area contributed by atoms with Crippen molar-refractivity contribution in [3.63, 3.8) is 0 Å². The molecule has 1 aliphatic carbocycles. The van der Waals surface area contributed by atoms with Crippen molar-refractivity contribution in [2.45, 2.75) is 43.7 Å². The average molecular weight is 481 g/mol. The molecule has 4 nitrogen and oxygen atoms in total. The minimum atomic E-state index is -0.179. The standard InChI is InChI=1S/C24H21BrN2O2S/c25-23-26-20-12-14-6-5-11-21(22(20)30-23)27(14)24(28)29-13-19-17-9-3-1-7-15(17)16-8-2-4-10-18(16)19/h1-4,7-10,14,19,21H,5-6,11-13H2. The number of hydrogen-bond acceptors (Lipinski definition) is 4. The van der Waals surface area contributed by atoms with Crippen LogP contribution in [0, 0.1) is 0 Å². The third-order valence-corrected chi connectivity index (χ3v) is 8.37. The van der Waals surface area contributed by atoms with E-state index < -0.39 is 0 Å². The van der Waals surface area contributed by atoms with Crippen molar-refractivity contribution in [2.24, 2.45) is 0 Å². The summed E-state index contributed by atoms with van der Waals surface area (Å²) in [4.78, 5) is 21.2. The molecule has 2 atom stereocenters. The Bertz CT molecular complexity index is 1100. The van der Waals surface area contributed by atoms with Gasteiger partial charge in [0, 0.05) is 18.4 Å². The quantitative estimate of drug-likeness (QED) is 0.431. The number of benzene rings is 2. The number of ether oxygens (including phenoxy) is 1. The maximum Gasteiger partial charge on any atom is 0.410 e.